The molecule has 1 saturated heterocycles. The van der Waals surface area contributed by atoms with Crippen LogP contribution in [-0.2, 0) is 11.2 Å². The predicted molar refractivity (Wildman–Crippen MR) is 114 cm³/mol. The molecule has 0 radical (unpaired) electrons. The maximum atomic E-state index is 12.7. The number of methoxy groups -OCH3 is 3. The van der Waals surface area contributed by atoms with E-state index in [1.54, 1.807) is 44.4 Å². The van der Waals surface area contributed by atoms with Gasteiger partial charge in [0.25, 0.3) is 0 Å². The number of ether oxygens (including phenoxy) is 3. The summed E-state index contributed by atoms with van der Waals surface area (Å²) in [5, 5.41) is 2.88. The lowest BCUT2D eigenvalue weighted by atomic mass is 10.1. The number of nitrogens with one attached hydrogen (secondary N) is 1. The van der Waals surface area contributed by atoms with Gasteiger partial charge in [0.2, 0.25) is 5.91 Å². The summed E-state index contributed by atoms with van der Waals surface area (Å²) in [6, 6.07) is 12.8. The number of hydrogen-bond donors (Lipinski definition) is 1. The second kappa shape index (κ2) is 9.87. The van der Waals surface area contributed by atoms with E-state index in [9.17, 15) is 9.59 Å². The van der Waals surface area contributed by atoms with Gasteiger partial charge in [-0.25, -0.2) is 4.79 Å². The van der Waals surface area contributed by atoms with Crippen LogP contribution in [-0.4, -0.2) is 64.3 Å². The van der Waals surface area contributed by atoms with Gasteiger partial charge in [-0.05, 0) is 36.2 Å². The van der Waals surface area contributed by atoms with Gasteiger partial charge in [0, 0.05) is 31.4 Å². The number of benzene rings is 2. The van der Waals surface area contributed by atoms with Gasteiger partial charge in [-0.1, -0.05) is 12.1 Å². The fourth-order valence-electron chi connectivity index (χ4n) is 3.37. The lowest BCUT2D eigenvalue weighted by molar-refractivity contribution is -0.121. The average molecular weight is 413 g/mol. The molecule has 8 nitrogen and oxygen atoms in total. The summed E-state index contributed by atoms with van der Waals surface area (Å²) in [6.07, 6.45) is 0.689. The molecule has 2 aromatic carbocycles. The SMILES string of the molecule is COc1cccc(CCNC(=O)CN2CCN(c3ccc(OC)c(OC)c3)C2=O)c1. The molecule has 160 valence electrons. The van der Waals surface area contributed by atoms with Crippen LogP contribution in [0.15, 0.2) is 42.5 Å². The highest BCUT2D eigenvalue weighted by atomic mass is 16.5. The Hall–Kier alpha value is -3.42. The molecular formula is C22H27N3O5. The normalized spacial score (nSPS) is 13.4. The Morgan fingerprint density at radius 2 is 1.80 bits per heavy atom. The van der Waals surface area contributed by atoms with E-state index in [4.69, 9.17) is 14.2 Å². The molecule has 3 rings (SSSR count). The molecule has 0 saturated carbocycles. The van der Waals surface area contributed by atoms with E-state index in [1.807, 2.05) is 24.3 Å². The standard InChI is InChI=1S/C22H27N3O5/c1-28-18-6-4-5-16(13-18)9-10-23-21(26)15-24-11-12-25(22(24)27)17-7-8-19(29-2)20(14-17)30-3/h4-8,13-14H,9-12,15H2,1-3H3,(H,23,26). The summed E-state index contributed by atoms with van der Waals surface area (Å²) >= 11 is 0. The highest BCUT2D eigenvalue weighted by Crippen LogP contribution is 2.32. The summed E-state index contributed by atoms with van der Waals surface area (Å²) < 4.78 is 15.8. The third kappa shape index (κ3) is 4.94. The number of anilines is 1. The van der Waals surface area contributed by atoms with E-state index in [0.29, 0.717) is 43.2 Å². The summed E-state index contributed by atoms with van der Waals surface area (Å²) in [6.45, 7) is 1.51. The number of nitrogens with zero attached hydrogens (tertiary/aromatic N) is 2. The quantitative estimate of drug-likeness (QED) is 0.682. The van der Waals surface area contributed by atoms with Crippen molar-refractivity contribution in [2.24, 2.45) is 0 Å². The van der Waals surface area contributed by atoms with Gasteiger partial charge in [0.1, 0.15) is 12.3 Å². The lowest BCUT2D eigenvalue weighted by Gasteiger charge is -2.19. The summed E-state index contributed by atoms with van der Waals surface area (Å²) in [7, 11) is 4.74. The molecule has 0 unspecified atom stereocenters. The average Bonchev–Trinajstić information content (AvgIpc) is 3.13. The minimum atomic E-state index is -0.204. The van der Waals surface area contributed by atoms with E-state index in [1.165, 1.54) is 4.90 Å². The van der Waals surface area contributed by atoms with Crippen molar-refractivity contribution in [3.63, 3.8) is 0 Å². The topological polar surface area (TPSA) is 80.3 Å². The van der Waals surface area contributed by atoms with Crippen molar-refractivity contribution in [3.05, 3.63) is 48.0 Å². The first kappa shape index (κ1) is 21.3. The number of urea groups is 1. The van der Waals surface area contributed by atoms with Crippen molar-refractivity contribution >= 4 is 17.6 Å². The molecule has 0 aliphatic carbocycles. The molecule has 8 heteroatoms. The zero-order valence-corrected chi connectivity index (χ0v) is 17.5. The van der Waals surface area contributed by atoms with Crippen molar-refractivity contribution in [3.8, 4) is 17.2 Å². The fraction of sp³-hybridized carbons (Fsp3) is 0.364. The Balaban J connectivity index is 1.51. The summed E-state index contributed by atoms with van der Waals surface area (Å²) in [5.41, 5.74) is 1.78. The highest BCUT2D eigenvalue weighted by Gasteiger charge is 2.31. The van der Waals surface area contributed by atoms with Gasteiger partial charge in [-0.3, -0.25) is 9.69 Å². The van der Waals surface area contributed by atoms with Crippen LogP contribution in [0, 0.1) is 0 Å². The molecular weight excluding hydrogens is 386 g/mol. The highest BCUT2D eigenvalue weighted by molar-refractivity contribution is 5.96. The van der Waals surface area contributed by atoms with Crippen molar-refractivity contribution in [2.75, 3.05) is 52.4 Å². The maximum absolute atomic E-state index is 12.7. The van der Waals surface area contributed by atoms with Gasteiger partial charge in [0.05, 0.1) is 21.3 Å². The Morgan fingerprint density at radius 3 is 2.53 bits per heavy atom. The summed E-state index contributed by atoms with van der Waals surface area (Å²) in [5.74, 6) is 1.76. The monoisotopic (exact) mass is 413 g/mol. The van der Waals surface area contributed by atoms with Crippen LogP contribution >= 0.6 is 0 Å². The molecule has 0 bridgehead atoms. The first-order valence-electron chi connectivity index (χ1n) is 9.73. The minimum Gasteiger partial charge on any atom is -0.497 e. The molecule has 1 N–H and O–H groups in total. The van der Waals surface area contributed by atoms with Gasteiger partial charge in [0.15, 0.2) is 11.5 Å². The van der Waals surface area contributed by atoms with Crippen LogP contribution in [0.2, 0.25) is 0 Å². The Bertz CT molecular complexity index is 902. The number of hydrogen-bond acceptors (Lipinski definition) is 5. The molecule has 2 aromatic rings. The second-order valence-electron chi connectivity index (χ2n) is 6.85. The summed E-state index contributed by atoms with van der Waals surface area (Å²) in [4.78, 5) is 28.2. The number of carbonyl (C=O) groups is 2. The molecule has 1 aliphatic heterocycles. The van der Waals surface area contributed by atoms with Crippen LogP contribution in [0.5, 0.6) is 17.2 Å². The number of amides is 3. The van der Waals surface area contributed by atoms with E-state index >= 15 is 0 Å². The van der Waals surface area contributed by atoms with E-state index in [0.717, 1.165) is 11.3 Å². The maximum Gasteiger partial charge on any atom is 0.325 e. The van der Waals surface area contributed by atoms with Gasteiger partial charge >= 0.3 is 6.03 Å². The smallest absolute Gasteiger partial charge is 0.325 e. The molecule has 3 amide bonds. The van der Waals surface area contributed by atoms with Crippen LogP contribution in [0.4, 0.5) is 10.5 Å². The van der Waals surface area contributed by atoms with E-state index in [2.05, 4.69) is 5.32 Å². The Morgan fingerprint density at radius 1 is 1.00 bits per heavy atom. The molecule has 0 aromatic heterocycles. The zero-order valence-electron chi connectivity index (χ0n) is 17.5. The van der Waals surface area contributed by atoms with E-state index < -0.39 is 0 Å². The van der Waals surface area contributed by atoms with Crippen LogP contribution in [0.1, 0.15) is 5.56 Å². The van der Waals surface area contributed by atoms with Crippen molar-refractivity contribution in [2.45, 2.75) is 6.42 Å². The molecule has 1 heterocycles. The van der Waals surface area contributed by atoms with Gasteiger partial charge in [-0.2, -0.15) is 0 Å². The fourth-order valence-corrected chi connectivity index (χ4v) is 3.37. The lowest BCUT2D eigenvalue weighted by Crippen LogP contribution is -2.40. The van der Waals surface area contributed by atoms with Crippen LogP contribution in [0.3, 0.4) is 0 Å². The molecule has 1 aliphatic rings. The van der Waals surface area contributed by atoms with Gasteiger partial charge < -0.3 is 24.4 Å². The molecule has 0 spiro atoms. The Kier molecular flexibility index (Phi) is 7.00. The molecule has 30 heavy (non-hydrogen) atoms. The van der Waals surface area contributed by atoms with E-state index in [-0.39, 0.29) is 18.5 Å². The van der Waals surface area contributed by atoms with Crippen LogP contribution in [0.25, 0.3) is 0 Å². The third-order valence-corrected chi connectivity index (χ3v) is 4.98. The van der Waals surface area contributed by atoms with Crippen molar-refractivity contribution < 1.29 is 23.8 Å². The largest absolute Gasteiger partial charge is 0.497 e. The molecule has 0 atom stereocenters. The number of rotatable bonds is 9. The Labute approximate surface area is 176 Å². The van der Waals surface area contributed by atoms with Gasteiger partial charge in [-0.15, -0.1) is 0 Å². The first-order valence-corrected chi connectivity index (χ1v) is 9.73. The third-order valence-electron chi connectivity index (χ3n) is 4.98. The van der Waals surface area contributed by atoms with Crippen LogP contribution < -0.4 is 24.4 Å². The zero-order chi connectivity index (χ0) is 21.5. The predicted octanol–water partition coefficient (Wildman–Crippen LogP) is 2.31. The molecule has 1 fully saturated rings. The first-order chi connectivity index (χ1) is 14.5. The van der Waals surface area contributed by atoms with Crippen molar-refractivity contribution in [1.29, 1.82) is 0 Å². The minimum absolute atomic E-state index is 0.0285. The second-order valence-corrected chi connectivity index (χ2v) is 6.85. The van der Waals surface area contributed by atoms with Crippen molar-refractivity contribution in [1.82, 2.24) is 10.2 Å². The number of carbonyl (C=O) groups excluding carboxylic acids is 2.